The summed E-state index contributed by atoms with van der Waals surface area (Å²) < 4.78 is 0. The molecule has 0 saturated heterocycles. The van der Waals surface area contributed by atoms with Gasteiger partial charge in [-0.25, -0.2) is 0 Å². The average molecular weight is 871 g/mol. The lowest BCUT2D eigenvalue weighted by molar-refractivity contribution is 0.470. The van der Waals surface area contributed by atoms with Crippen LogP contribution in [0, 0.1) is 27.7 Å². The highest BCUT2D eigenvalue weighted by molar-refractivity contribution is 6.14. The van der Waals surface area contributed by atoms with Crippen LogP contribution in [-0.2, 0) is 51.4 Å². The van der Waals surface area contributed by atoms with Gasteiger partial charge in [-0.2, -0.15) is 0 Å². The number of phenolic OH excluding ortho intramolecular Hbond substituents is 2. The van der Waals surface area contributed by atoms with Crippen molar-refractivity contribution in [3.05, 3.63) is 162 Å². The zero-order valence-electron chi connectivity index (χ0n) is 41.1. The van der Waals surface area contributed by atoms with Gasteiger partial charge in [0.1, 0.15) is 11.5 Å². The van der Waals surface area contributed by atoms with Crippen molar-refractivity contribution >= 4 is 43.1 Å². The molecule has 8 aromatic carbocycles. The molecule has 66 heavy (non-hydrogen) atoms. The van der Waals surface area contributed by atoms with Crippen molar-refractivity contribution in [2.45, 2.75) is 158 Å². The second kappa shape index (κ2) is 17.9. The van der Waals surface area contributed by atoms with Crippen LogP contribution in [0.25, 0.3) is 54.2 Å². The zero-order chi connectivity index (χ0) is 46.0. The van der Waals surface area contributed by atoms with Gasteiger partial charge in [0.2, 0.25) is 0 Å². The lowest BCUT2D eigenvalue weighted by atomic mass is 9.75. The first-order valence-corrected chi connectivity index (χ1v) is 25.7. The van der Waals surface area contributed by atoms with Crippen LogP contribution in [0.2, 0.25) is 0 Å². The van der Waals surface area contributed by atoms with Crippen molar-refractivity contribution in [1.29, 1.82) is 0 Å². The molecule has 8 aromatic rings. The Morgan fingerprint density at radius 1 is 0.348 bits per heavy atom. The molecule has 2 heteroatoms. The van der Waals surface area contributed by atoms with Gasteiger partial charge in [0, 0.05) is 11.1 Å². The fourth-order valence-electron chi connectivity index (χ4n) is 12.5. The van der Waals surface area contributed by atoms with Gasteiger partial charge in [-0.05, 0) is 273 Å². The van der Waals surface area contributed by atoms with E-state index in [4.69, 9.17) is 0 Å². The molecule has 0 fully saturated rings. The summed E-state index contributed by atoms with van der Waals surface area (Å²) in [7, 11) is 0. The van der Waals surface area contributed by atoms with E-state index in [0.29, 0.717) is 11.1 Å². The van der Waals surface area contributed by atoms with E-state index >= 15 is 0 Å². The average Bonchev–Trinajstić information content (AvgIpc) is 3.31. The summed E-state index contributed by atoms with van der Waals surface area (Å²) in [5.74, 6) is 0.378. The summed E-state index contributed by atoms with van der Waals surface area (Å²) in [5, 5.41) is 32.7. The maximum absolute atomic E-state index is 11.9. The maximum Gasteiger partial charge on any atom is 0.124 e. The van der Waals surface area contributed by atoms with Gasteiger partial charge in [-0.3, -0.25) is 0 Å². The fraction of sp³-hybridized carbons (Fsp3) is 0.375. The molecule has 0 radical (unpaired) electrons. The van der Waals surface area contributed by atoms with Gasteiger partial charge in [-0.15, -0.1) is 0 Å². The summed E-state index contributed by atoms with van der Waals surface area (Å²) in [6.45, 7) is 18.7. The lowest BCUT2D eigenvalue weighted by Crippen LogP contribution is -2.16. The number of phenols is 2. The molecule has 0 saturated carbocycles. The Labute approximate surface area is 394 Å². The van der Waals surface area contributed by atoms with E-state index in [1.54, 1.807) is 44.5 Å². The first kappa shape index (κ1) is 44.2. The minimum Gasteiger partial charge on any atom is -0.507 e. The number of aromatic hydroxyl groups is 2. The smallest absolute Gasteiger partial charge is 0.124 e. The summed E-state index contributed by atoms with van der Waals surface area (Å²) in [6.07, 6.45) is 18.3. The van der Waals surface area contributed by atoms with E-state index in [1.807, 2.05) is 24.3 Å². The predicted molar refractivity (Wildman–Crippen MR) is 283 cm³/mol. The first-order valence-electron chi connectivity index (χ1n) is 25.7. The molecule has 2 aliphatic rings. The predicted octanol–water partition coefficient (Wildman–Crippen LogP) is 17.0. The molecule has 0 atom stereocenters. The minimum atomic E-state index is 0.189. The summed E-state index contributed by atoms with van der Waals surface area (Å²) in [6, 6.07) is 26.7. The quantitative estimate of drug-likeness (QED) is 0.113. The number of unbranched alkanes of at least 4 members (excludes halogenated alkanes) is 4. The number of hydrogen-bond donors (Lipinski definition) is 2. The molecule has 0 amide bonds. The number of benzene rings is 8. The second-order valence-corrected chi connectivity index (χ2v) is 20.5. The SMILES string of the molecule is CCCCc1c(C)c(C)c(CCCC)c2c1Cc1cc3cc4ccc(O)c(-c5c(O)ccc6cc7cc8c(cc7cc56)Cc5c(CCCC)c(C)c(C)c(CCCC)c5C8)c4cc3cc1C2. The Hall–Kier alpha value is -5.60. The van der Waals surface area contributed by atoms with Crippen LogP contribution in [0.5, 0.6) is 11.5 Å². The molecule has 0 heterocycles. The molecule has 338 valence electrons. The summed E-state index contributed by atoms with van der Waals surface area (Å²) in [5.41, 5.74) is 25.9. The van der Waals surface area contributed by atoms with E-state index in [2.05, 4.69) is 104 Å². The molecule has 2 aliphatic carbocycles. The van der Waals surface area contributed by atoms with Crippen LogP contribution in [0.4, 0.5) is 0 Å². The third-order valence-corrected chi connectivity index (χ3v) is 16.5. The van der Waals surface area contributed by atoms with Crippen LogP contribution in [0.1, 0.15) is 168 Å². The third-order valence-electron chi connectivity index (χ3n) is 16.5. The van der Waals surface area contributed by atoms with Crippen LogP contribution >= 0.6 is 0 Å². The third kappa shape index (κ3) is 7.48. The number of fused-ring (bicyclic) bond motifs is 8. The molecule has 0 aliphatic heterocycles. The Bertz CT molecular complexity index is 3030. The summed E-state index contributed by atoms with van der Waals surface area (Å²) in [4.78, 5) is 0. The van der Waals surface area contributed by atoms with Crippen LogP contribution in [0.3, 0.4) is 0 Å². The maximum atomic E-state index is 11.9. The van der Waals surface area contributed by atoms with Crippen LogP contribution < -0.4 is 0 Å². The van der Waals surface area contributed by atoms with Gasteiger partial charge in [0.15, 0.2) is 0 Å². The molecule has 0 spiro atoms. The van der Waals surface area contributed by atoms with Crippen LogP contribution in [0.15, 0.2) is 72.8 Å². The second-order valence-electron chi connectivity index (χ2n) is 20.5. The van der Waals surface area contributed by atoms with Crippen molar-refractivity contribution in [3.8, 4) is 22.6 Å². The van der Waals surface area contributed by atoms with E-state index in [-0.39, 0.29) is 11.5 Å². The van der Waals surface area contributed by atoms with Gasteiger partial charge in [0.05, 0.1) is 0 Å². The molecule has 0 bridgehead atoms. The van der Waals surface area contributed by atoms with Crippen molar-refractivity contribution in [2.75, 3.05) is 0 Å². The Morgan fingerprint density at radius 3 is 0.894 bits per heavy atom. The van der Waals surface area contributed by atoms with Crippen molar-refractivity contribution in [2.24, 2.45) is 0 Å². The standard InChI is InChI=1S/C64H70O2/c1-9-13-17-51-37(5)39(7)53(19-15-11-3)59-35-49-29-45-31-55-41(25-43(45)27-47(49)33-57(51)59)21-23-61(65)63(55)64-56-32-46-30-50-36-60-54(20-16-12-4)40(8)38(6)52(18-14-10-2)58(60)34-48(50)28-44(46)26-42(56)22-24-62(64)66/h21-32,65-66H,9-20,33-36H2,1-8H3. The molecule has 0 aromatic heterocycles. The molecule has 10 rings (SSSR count). The number of hydrogen-bond acceptors (Lipinski definition) is 2. The molecule has 2 nitrogen and oxygen atoms in total. The van der Waals surface area contributed by atoms with Gasteiger partial charge < -0.3 is 10.2 Å². The zero-order valence-corrected chi connectivity index (χ0v) is 41.1. The van der Waals surface area contributed by atoms with E-state index < -0.39 is 0 Å². The highest BCUT2D eigenvalue weighted by atomic mass is 16.3. The minimum absolute atomic E-state index is 0.189. The molecule has 2 N–H and O–H groups in total. The Kier molecular flexibility index (Phi) is 12.0. The highest BCUT2D eigenvalue weighted by Gasteiger charge is 2.28. The Morgan fingerprint density at radius 2 is 0.621 bits per heavy atom. The van der Waals surface area contributed by atoms with Gasteiger partial charge in [-0.1, -0.05) is 89.8 Å². The molecule has 0 unspecified atom stereocenters. The van der Waals surface area contributed by atoms with E-state index in [1.165, 1.54) is 117 Å². The Balaban J connectivity index is 1.09. The first-order chi connectivity index (χ1) is 32.0. The fourth-order valence-corrected chi connectivity index (χ4v) is 12.5. The largest absolute Gasteiger partial charge is 0.507 e. The van der Waals surface area contributed by atoms with Gasteiger partial charge >= 0.3 is 0 Å². The van der Waals surface area contributed by atoms with Crippen molar-refractivity contribution in [1.82, 2.24) is 0 Å². The monoisotopic (exact) mass is 871 g/mol. The lowest BCUT2D eigenvalue weighted by Gasteiger charge is -2.29. The number of rotatable bonds is 13. The van der Waals surface area contributed by atoms with E-state index in [0.717, 1.165) is 72.9 Å². The normalized spacial score (nSPS) is 13.2. The van der Waals surface area contributed by atoms with E-state index in [9.17, 15) is 10.2 Å². The van der Waals surface area contributed by atoms with Crippen molar-refractivity contribution < 1.29 is 10.2 Å². The molecular weight excluding hydrogens is 801 g/mol. The van der Waals surface area contributed by atoms with Gasteiger partial charge in [0.25, 0.3) is 0 Å². The topological polar surface area (TPSA) is 40.5 Å². The molecular formula is C64H70O2. The highest BCUT2D eigenvalue weighted by Crippen LogP contribution is 2.48. The van der Waals surface area contributed by atoms with Crippen LogP contribution in [-0.4, -0.2) is 10.2 Å². The summed E-state index contributed by atoms with van der Waals surface area (Å²) >= 11 is 0. The van der Waals surface area contributed by atoms with Crippen molar-refractivity contribution in [3.63, 3.8) is 0 Å².